The topological polar surface area (TPSA) is 246 Å². The molecule has 18 nitrogen and oxygen atoms in total. The zero-order valence-electron chi connectivity index (χ0n) is 34.3. The van der Waals surface area contributed by atoms with Crippen LogP contribution in [0.25, 0.3) is 10.4 Å². The molecular formula is C39H73N5O13. The van der Waals surface area contributed by atoms with Crippen LogP contribution in [0.1, 0.15) is 116 Å². The van der Waals surface area contributed by atoms with Gasteiger partial charge >= 0.3 is 11.9 Å². The van der Waals surface area contributed by atoms with Gasteiger partial charge in [-0.05, 0) is 24.8 Å². The summed E-state index contributed by atoms with van der Waals surface area (Å²) in [5.74, 6) is -2.48. The standard InChI is InChI=1S/C39H73N5O13/c40-44-42-20-22-52-24-26-54-28-30-56-32-34-57-33-31-55-29-27-53-25-23-51-21-19-41-36(45)18-17-35(39(49)50)43-37(46)15-13-11-9-7-5-3-1-2-4-6-8-10-12-14-16-38(47)48/h35H,1-34H2,(H,41,45)(H,43,46)(H,47,48)(H,49,50). The second kappa shape index (κ2) is 44.0. The van der Waals surface area contributed by atoms with Crippen LogP contribution in [-0.2, 0) is 52.3 Å². The van der Waals surface area contributed by atoms with Gasteiger partial charge in [0.2, 0.25) is 11.8 Å². The summed E-state index contributed by atoms with van der Waals surface area (Å²) in [6.07, 6.45) is 15.8. The molecule has 18 heteroatoms. The van der Waals surface area contributed by atoms with Crippen LogP contribution in [0.5, 0.6) is 0 Å². The lowest BCUT2D eigenvalue weighted by Gasteiger charge is -2.14. The normalized spacial score (nSPS) is 11.6. The SMILES string of the molecule is [N-]=[N+]=NCCOCCOCCOCCOCCOCCOCCOCCNC(=O)CCC(NC(=O)CCCCCCCCCCCCCCCCC(=O)O)C(=O)O. The van der Waals surface area contributed by atoms with Gasteiger partial charge < -0.3 is 54.0 Å². The maximum Gasteiger partial charge on any atom is 0.326 e. The molecule has 57 heavy (non-hydrogen) atoms. The summed E-state index contributed by atoms with van der Waals surface area (Å²) >= 11 is 0. The van der Waals surface area contributed by atoms with Gasteiger partial charge in [-0.1, -0.05) is 82.2 Å². The van der Waals surface area contributed by atoms with E-state index in [0.29, 0.717) is 98.9 Å². The number of carbonyl (C=O) groups excluding carboxylic acids is 2. The molecule has 0 aromatic heterocycles. The van der Waals surface area contributed by atoms with Crippen molar-refractivity contribution in [3.8, 4) is 0 Å². The smallest absolute Gasteiger partial charge is 0.326 e. The Balaban J connectivity index is 3.51. The fourth-order valence-electron chi connectivity index (χ4n) is 5.41. The predicted molar refractivity (Wildman–Crippen MR) is 213 cm³/mol. The zero-order valence-corrected chi connectivity index (χ0v) is 34.3. The fraction of sp³-hybridized carbons (Fsp3) is 0.897. The van der Waals surface area contributed by atoms with Crippen molar-refractivity contribution in [2.75, 3.05) is 106 Å². The van der Waals surface area contributed by atoms with E-state index in [0.717, 1.165) is 38.5 Å². The first-order chi connectivity index (χ1) is 27.9. The minimum absolute atomic E-state index is 0.00878. The van der Waals surface area contributed by atoms with E-state index in [-0.39, 0.29) is 50.6 Å². The minimum atomic E-state index is -1.16. The molecular weight excluding hydrogens is 746 g/mol. The molecule has 0 aromatic rings. The number of amides is 2. The van der Waals surface area contributed by atoms with Crippen molar-refractivity contribution in [3.05, 3.63) is 10.4 Å². The Bertz CT molecular complexity index is 1020. The number of hydrogen-bond acceptors (Lipinski definition) is 12. The number of nitrogens with one attached hydrogen (secondary N) is 2. The van der Waals surface area contributed by atoms with Gasteiger partial charge in [-0.3, -0.25) is 14.4 Å². The lowest BCUT2D eigenvalue weighted by Crippen LogP contribution is -2.41. The summed E-state index contributed by atoms with van der Waals surface area (Å²) < 4.78 is 37.8. The van der Waals surface area contributed by atoms with E-state index in [1.165, 1.54) is 44.9 Å². The first kappa shape index (κ1) is 53.9. The molecule has 0 radical (unpaired) electrons. The highest BCUT2D eigenvalue weighted by Gasteiger charge is 2.20. The highest BCUT2D eigenvalue weighted by Crippen LogP contribution is 2.14. The van der Waals surface area contributed by atoms with Gasteiger partial charge in [0.1, 0.15) is 6.04 Å². The number of rotatable bonds is 46. The molecule has 0 spiro atoms. The van der Waals surface area contributed by atoms with Crippen molar-refractivity contribution in [2.24, 2.45) is 5.11 Å². The van der Waals surface area contributed by atoms with Crippen LogP contribution in [0, 0.1) is 0 Å². The molecule has 1 atom stereocenters. The van der Waals surface area contributed by atoms with Gasteiger partial charge in [0.25, 0.3) is 0 Å². The number of unbranched alkanes of at least 4 members (excludes halogenated alkanes) is 13. The molecule has 0 heterocycles. The molecule has 0 saturated heterocycles. The van der Waals surface area contributed by atoms with Crippen molar-refractivity contribution in [3.63, 3.8) is 0 Å². The Morgan fingerprint density at radius 1 is 0.491 bits per heavy atom. The van der Waals surface area contributed by atoms with Gasteiger partial charge in [0, 0.05) is 37.3 Å². The quantitative estimate of drug-likeness (QED) is 0.0267. The van der Waals surface area contributed by atoms with Crippen LogP contribution in [0.2, 0.25) is 0 Å². The molecule has 1 unspecified atom stereocenters. The van der Waals surface area contributed by atoms with Crippen molar-refractivity contribution in [1.82, 2.24) is 10.6 Å². The highest BCUT2D eigenvalue weighted by atomic mass is 16.6. The lowest BCUT2D eigenvalue weighted by molar-refractivity contribution is -0.142. The van der Waals surface area contributed by atoms with Gasteiger partial charge in [-0.2, -0.15) is 0 Å². The van der Waals surface area contributed by atoms with E-state index in [1.54, 1.807) is 0 Å². The molecule has 0 saturated carbocycles. The Kier molecular flexibility index (Phi) is 41.6. The van der Waals surface area contributed by atoms with Crippen LogP contribution in [0.3, 0.4) is 0 Å². The molecule has 332 valence electrons. The summed E-state index contributed by atoms with van der Waals surface area (Å²) in [6.45, 7) is 6.39. The average molecular weight is 820 g/mol. The summed E-state index contributed by atoms with van der Waals surface area (Å²) in [4.78, 5) is 49.3. The van der Waals surface area contributed by atoms with E-state index >= 15 is 0 Å². The minimum Gasteiger partial charge on any atom is -0.481 e. The molecule has 0 aliphatic rings. The molecule has 0 bridgehead atoms. The second-order valence-electron chi connectivity index (χ2n) is 13.4. The number of nitrogens with zero attached hydrogens (tertiary/aromatic N) is 3. The number of carboxylic acid groups (broad SMARTS) is 2. The summed E-state index contributed by atoms with van der Waals surface area (Å²) in [5, 5.41) is 26.8. The maximum atomic E-state index is 12.3. The Hall–Kier alpha value is -3.09. The molecule has 0 aliphatic carbocycles. The van der Waals surface area contributed by atoms with E-state index in [2.05, 4.69) is 20.7 Å². The maximum absolute atomic E-state index is 12.3. The van der Waals surface area contributed by atoms with Crippen LogP contribution >= 0.6 is 0 Å². The largest absolute Gasteiger partial charge is 0.481 e. The number of carboxylic acids is 2. The first-order valence-electron chi connectivity index (χ1n) is 20.9. The number of aliphatic carboxylic acids is 2. The third-order valence-corrected chi connectivity index (χ3v) is 8.54. The third-order valence-electron chi connectivity index (χ3n) is 8.54. The van der Waals surface area contributed by atoms with Crippen molar-refractivity contribution in [2.45, 2.75) is 122 Å². The average Bonchev–Trinajstić information content (AvgIpc) is 3.19. The first-order valence-corrected chi connectivity index (χ1v) is 20.9. The van der Waals surface area contributed by atoms with Crippen molar-refractivity contribution < 1.29 is 62.5 Å². The molecule has 0 aromatic carbocycles. The van der Waals surface area contributed by atoms with Crippen LogP contribution in [0.15, 0.2) is 5.11 Å². The molecule has 2 amide bonds. The van der Waals surface area contributed by atoms with Crippen molar-refractivity contribution >= 4 is 23.8 Å². The number of carbonyl (C=O) groups is 4. The van der Waals surface area contributed by atoms with Crippen LogP contribution < -0.4 is 10.6 Å². The second-order valence-corrected chi connectivity index (χ2v) is 13.4. The fourth-order valence-corrected chi connectivity index (χ4v) is 5.41. The molecule has 0 aliphatic heterocycles. The Labute approximate surface area is 339 Å². The van der Waals surface area contributed by atoms with E-state index in [4.69, 9.17) is 43.8 Å². The van der Waals surface area contributed by atoms with Gasteiger partial charge in [-0.25, -0.2) is 4.79 Å². The van der Waals surface area contributed by atoms with E-state index < -0.39 is 18.0 Å². The highest BCUT2D eigenvalue weighted by molar-refractivity contribution is 5.84. The lowest BCUT2D eigenvalue weighted by atomic mass is 10.0. The molecule has 4 N–H and O–H groups in total. The molecule has 0 fully saturated rings. The molecule has 0 rings (SSSR count). The summed E-state index contributed by atoms with van der Waals surface area (Å²) in [5.41, 5.74) is 8.15. The zero-order chi connectivity index (χ0) is 41.7. The van der Waals surface area contributed by atoms with Gasteiger partial charge in [0.15, 0.2) is 0 Å². The van der Waals surface area contributed by atoms with E-state index in [1.807, 2.05) is 0 Å². The van der Waals surface area contributed by atoms with Crippen LogP contribution in [0.4, 0.5) is 0 Å². The van der Waals surface area contributed by atoms with E-state index in [9.17, 15) is 24.3 Å². The Morgan fingerprint density at radius 3 is 1.25 bits per heavy atom. The number of hydrogen-bond donors (Lipinski definition) is 4. The summed E-state index contributed by atoms with van der Waals surface area (Å²) in [7, 11) is 0. The third kappa shape index (κ3) is 43.9. The van der Waals surface area contributed by atoms with Crippen molar-refractivity contribution in [1.29, 1.82) is 0 Å². The summed E-state index contributed by atoms with van der Waals surface area (Å²) in [6, 6.07) is -1.11. The van der Waals surface area contributed by atoms with Gasteiger partial charge in [0.05, 0.1) is 92.5 Å². The number of azide groups is 1. The van der Waals surface area contributed by atoms with Crippen LogP contribution in [-0.4, -0.2) is 146 Å². The number of ether oxygens (including phenoxy) is 7. The predicted octanol–water partition coefficient (Wildman–Crippen LogP) is 5.20. The Morgan fingerprint density at radius 2 is 0.860 bits per heavy atom. The monoisotopic (exact) mass is 820 g/mol. The van der Waals surface area contributed by atoms with Gasteiger partial charge in [-0.15, -0.1) is 0 Å².